The Kier molecular flexibility index (Phi) is 3.53. The Morgan fingerprint density at radius 1 is 0.889 bits per heavy atom. The van der Waals surface area contributed by atoms with E-state index in [1.54, 1.807) is 24.3 Å². The third-order valence-electron chi connectivity index (χ3n) is 2.74. The van der Waals surface area contributed by atoms with Crippen molar-refractivity contribution < 1.29 is 14.3 Å². The van der Waals surface area contributed by atoms with Crippen LogP contribution in [0.25, 0.3) is 11.1 Å². The molecule has 0 aromatic heterocycles. The maximum absolute atomic E-state index is 10.8. The maximum atomic E-state index is 10.8. The minimum Gasteiger partial charge on any atom is -0.496 e. The molecule has 0 aliphatic rings. The van der Waals surface area contributed by atoms with Crippen LogP contribution in [0.15, 0.2) is 42.5 Å². The van der Waals surface area contributed by atoms with Crippen molar-refractivity contribution in [1.82, 2.24) is 0 Å². The van der Waals surface area contributed by atoms with Crippen molar-refractivity contribution in [2.45, 2.75) is 0 Å². The quantitative estimate of drug-likeness (QED) is 0.771. The molecule has 0 unspecified atom stereocenters. The third-order valence-corrected chi connectivity index (χ3v) is 2.74. The number of hydrogen-bond donors (Lipinski definition) is 0. The van der Waals surface area contributed by atoms with Crippen LogP contribution in [0.5, 0.6) is 5.75 Å². The summed E-state index contributed by atoms with van der Waals surface area (Å²) in [6, 6.07) is 12.6. The van der Waals surface area contributed by atoms with Gasteiger partial charge in [-0.25, -0.2) is 0 Å². The molecule has 0 radical (unpaired) electrons. The van der Waals surface area contributed by atoms with Gasteiger partial charge >= 0.3 is 0 Å². The number of benzene rings is 2. The number of ether oxygens (including phenoxy) is 1. The van der Waals surface area contributed by atoms with Crippen molar-refractivity contribution in [3.63, 3.8) is 0 Å². The topological polar surface area (TPSA) is 43.4 Å². The molecule has 0 spiro atoms. The molecule has 3 nitrogen and oxygen atoms in total. The first-order valence-corrected chi connectivity index (χ1v) is 5.47. The molecule has 3 heteroatoms. The van der Waals surface area contributed by atoms with Gasteiger partial charge in [-0.15, -0.1) is 0 Å². The van der Waals surface area contributed by atoms with Crippen LogP contribution in [0.4, 0.5) is 0 Å². The summed E-state index contributed by atoms with van der Waals surface area (Å²) in [4.78, 5) is 21.4. The minimum absolute atomic E-state index is 0.519. The van der Waals surface area contributed by atoms with Crippen LogP contribution < -0.4 is 4.74 Å². The first-order valence-electron chi connectivity index (χ1n) is 5.47. The Morgan fingerprint density at radius 2 is 1.56 bits per heavy atom. The van der Waals surface area contributed by atoms with Gasteiger partial charge in [0.2, 0.25) is 0 Å². The van der Waals surface area contributed by atoms with Crippen LogP contribution in [-0.2, 0) is 0 Å². The van der Waals surface area contributed by atoms with Gasteiger partial charge in [-0.3, -0.25) is 9.59 Å². The smallest absolute Gasteiger partial charge is 0.153 e. The summed E-state index contributed by atoms with van der Waals surface area (Å²) < 4.78 is 5.16. The van der Waals surface area contributed by atoms with Crippen molar-refractivity contribution >= 4 is 12.6 Å². The van der Waals surface area contributed by atoms with E-state index in [0.717, 1.165) is 23.7 Å². The number of methoxy groups -OCH3 is 1. The van der Waals surface area contributed by atoms with E-state index >= 15 is 0 Å². The molecule has 0 saturated carbocycles. The van der Waals surface area contributed by atoms with Crippen molar-refractivity contribution in [1.29, 1.82) is 0 Å². The van der Waals surface area contributed by atoms with E-state index in [-0.39, 0.29) is 0 Å². The summed E-state index contributed by atoms with van der Waals surface area (Å²) >= 11 is 0. The van der Waals surface area contributed by atoms with E-state index < -0.39 is 0 Å². The van der Waals surface area contributed by atoms with E-state index in [9.17, 15) is 9.59 Å². The Morgan fingerprint density at radius 3 is 2.11 bits per heavy atom. The van der Waals surface area contributed by atoms with Gasteiger partial charge in [0, 0.05) is 5.56 Å². The fourth-order valence-corrected chi connectivity index (χ4v) is 1.74. The van der Waals surface area contributed by atoms with Crippen molar-refractivity contribution in [3.05, 3.63) is 53.6 Å². The second kappa shape index (κ2) is 5.27. The molecule has 0 N–H and O–H groups in total. The number of carbonyl (C=O) groups is 2. The molecule has 0 bridgehead atoms. The second-order valence-electron chi connectivity index (χ2n) is 3.81. The van der Waals surface area contributed by atoms with Gasteiger partial charge in [0.15, 0.2) is 6.29 Å². The van der Waals surface area contributed by atoms with Crippen LogP contribution in [0, 0.1) is 0 Å². The largest absolute Gasteiger partial charge is 0.496 e. The number of hydrogen-bond acceptors (Lipinski definition) is 3. The highest BCUT2D eigenvalue weighted by atomic mass is 16.5. The fourth-order valence-electron chi connectivity index (χ4n) is 1.74. The van der Waals surface area contributed by atoms with Crippen molar-refractivity contribution in [2.24, 2.45) is 0 Å². The summed E-state index contributed by atoms with van der Waals surface area (Å²) in [5.74, 6) is 0.543. The monoisotopic (exact) mass is 240 g/mol. The van der Waals surface area contributed by atoms with Gasteiger partial charge in [-0.2, -0.15) is 0 Å². The molecule has 2 rings (SSSR count). The Hall–Kier alpha value is -2.42. The molecule has 0 aliphatic heterocycles. The Labute approximate surface area is 105 Å². The summed E-state index contributed by atoms with van der Waals surface area (Å²) in [5.41, 5.74) is 3.06. The zero-order valence-electron chi connectivity index (χ0n) is 9.92. The van der Waals surface area contributed by atoms with E-state index in [0.29, 0.717) is 16.9 Å². The molecule has 2 aromatic carbocycles. The van der Waals surface area contributed by atoms with Gasteiger partial charge in [-0.05, 0) is 23.3 Å². The predicted molar refractivity (Wildman–Crippen MR) is 69.2 cm³/mol. The highest BCUT2D eigenvalue weighted by Crippen LogP contribution is 2.26. The van der Waals surface area contributed by atoms with Gasteiger partial charge in [0.05, 0.1) is 12.7 Å². The average molecular weight is 240 g/mol. The van der Waals surface area contributed by atoms with Gasteiger partial charge < -0.3 is 4.74 Å². The second-order valence-corrected chi connectivity index (χ2v) is 3.81. The molecular weight excluding hydrogens is 228 g/mol. The lowest BCUT2D eigenvalue weighted by Crippen LogP contribution is -1.91. The SMILES string of the molecule is COc1cc(-c2ccc(C=O)cc2)ccc1C=O. The van der Waals surface area contributed by atoms with Gasteiger partial charge in [-0.1, -0.05) is 30.3 Å². The molecule has 0 atom stereocenters. The van der Waals surface area contributed by atoms with Crippen molar-refractivity contribution in [2.75, 3.05) is 7.11 Å². The zero-order chi connectivity index (χ0) is 13.0. The summed E-state index contributed by atoms with van der Waals surface area (Å²) in [7, 11) is 1.53. The third kappa shape index (κ3) is 2.30. The molecule has 0 saturated heterocycles. The molecule has 0 aliphatic carbocycles. The predicted octanol–water partition coefficient (Wildman–Crippen LogP) is 2.99. The van der Waals surface area contributed by atoms with Crippen LogP contribution in [0.3, 0.4) is 0 Å². The minimum atomic E-state index is 0.519. The van der Waals surface area contributed by atoms with Gasteiger partial charge in [0.1, 0.15) is 12.0 Å². The van der Waals surface area contributed by atoms with E-state index in [2.05, 4.69) is 0 Å². The summed E-state index contributed by atoms with van der Waals surface area (Å²) in [6.07, 6.45) is 1.57. The zero-order valence-corrected chi connectivity index (χ0v) is 9.92. The summed E-state index contributed by atoms with van der Waals surface area (Å²) in [6.45, 7) is 0. The maximum Gasteiger partial charge on any atom is 0.153 e. The molecule has 0 amide bonds. The lowest BCUT2D eigenvalue weighted by molar-refractivity contribution is 0.111. The number of aldehydes is 2. The van der Waals surface area contributed by atoms with Gasteiger partial charge in [0.25, 0.3) is 0 Å². The Balaban J connectivity index is 2.43. The molecule has 90 valence electrons. The van der Waals surface area contributed by atoms with Crippen LogP contribution in [0.2, 0.25) is 0 Å². The van der Waals surface area contributed by atoms with E-state index in [1.165, 1.54) is 7.11 Å². The molecule has 18 heavy (non-hydrogen) atoms. The van der Waals surface area contributed by atoms with Crippen LogP contribution in [0.1, 0.15) is 20.7 Å². The molecular formula is C15H12O3. The lowest BCUT2D eigenvalue weighted by atomic mass is 10.0. The van der Waals surface area contributed by atoms with Crippen LogP contribution in [-0.4, -0.2) is 19.7 Å². The molecule has 0 heterocycles. The number of rotatable bonds is 4. The molecule has 0 fully saturated rings. The van der Waals surface area contributed by atoms with E-state index in [4.69, 9.17) is 4.74 Å². The lowest BCUT2D eigenvalue weighted by Gasteiger charge is -2.07. The first-order chi connectivity index (χ1) is 8.78. The standard InChI is InChI=1S/C15H12O3/c1-18-15-8-13(6-7-14(15)10-17)12-4-2-11(9-16)3-5-12/h2-10H,1H3. The normalized spacial score (nSPS) is 9.83. The van der Waals surface area contributed by atoms with Crippen molar-refractivity contribution in [3.8, 4) is 16.9 Å². The highest BCUT2D eigenvalue weighted by Gasteiger charge is 2.05. The van der Waals surface area contributed by atoms with E-state index in [1.807, 2.05) is 18.2 Å². The Bertz CT molecular complexity index is 571. The highest BCUT2D eigenvalue weighted by molar-refractivity contribution is 5.82. The molecule has 2 aromatic rings. The average Bonchev–Trinajstić information content (AvgIpc) is 2.46. The van der Waals surface area contributed by atoms with Crippen LogP contribution >= 0.6 is 0 Å². The number of carbonyl (C=O) groups excluding carboxylic acids is 2. The first kappa shape index (κ1) is 12.0. The fraction of sp³-hybridized carbons (Fsp3) is 0.0667. The summed E-state index contributed by atoms with van der Waals surface area (Å²) in [5, 5.41) is 0.